The van der Waals surface area contributed by atoms with Gasteiger partial charge in [-0.15, -0.1) is 0 Å². The van der Waals surface area contributed by atoms with Crippen LogP contribution in [0.1, 0.15) is 16.7 Å². The number of nitrogens with zero attached hydrogens (tertiary/aromatic N) is 2. The second-order valence-electron chi connectivity index (χ2n) is 8.27. The zero-order valence-corrected chi connectivity index (χ0v) is 20.5. The van der Waals surface area contributed by atoms with Crippen molar-refractivity contribution in [3.05, 3.63) is 100 Å². The molecule has 174 valence electrons. The molecule has 2 heterocycles. The van der Waals surface area contributed by atoms with Crippen LogP contribution in [0, 0.1) is 6.92 Å². The summed E-state index contributed by atoms with van der Waals surface area (Å²) in [5.41, 5.74) is 4.20. The number of para-hydroxylation sites is 1. The second kappa shape index (κ2) is 9.48. The van der Waals surface area contributed by atoms with Crippen LogP contribution in [0.3, 0.4) is 0 Å². The molecule has 0 bridgehead atoms. The maximum atomic E-state index is 13.6. The van der Waals surface area contributed by atoms with Gasteiger partial charge in [-0.05, 0) is 30.7 Å². The fourth-order valence-electron chi connectivity index (χ4n) is 4.09. The number of hydrogen-bond acceptors (Lipinski definition) is 5. The normalized spacial score (nSPS) is 17.2. The lowest BCUT2D eigenvalue weighted by atomic mass is 10.1. The highest BCUT2D eigenvalue weighted by Crippen LogP contribution is 2.44. The van der Waals surface area contributed by atoms with Gasteiger partial charge in [-0.2, -0.15) is 0 Å². The second-order valence-corrected chi connectivity index (χ2v) is 9.92. The third-order valence-corrected chi connectivity index (χ3v) is 7.27. The molecule has 35 heavy (non-hydrogen) atoms. The Hall–Kier alpha value is -3.75. The smallest absolute Gasteiger partial charge is 0.267 e. The van der Waals surface area contributed by atoms with Gasteiger partial charge in [-0.3, -0.25) is 24.2 Å². The Morgan fingerprint density at radius 2 is 1.57 bits per heavy atom. The van der Waals surface area contributed by atoms with Crippen molar-refractivity contribution in [2.75, 3.05) is 16.8 Å². The molecule has 1 fully saturated rings. The van der Waals surface area contributed by atoms with Gasteiger partial charge in [0.25, 0.3) is 11.8 Å². The van der Waals surface area contributed by atoms with Crippen molar-refractivity contribution in [1.82, 2.24) is 4.90 Å². The summed E-state index contributed by atoms with van der Waals surface area (Å²) in [5.74, 6) is -1.01. The van der Waals surface area contributed by atoms with Gasteiger partial charge >= 0.3 is 0 Å². The number of benzene rings is 3. The quantitative estimate of drug-likeness (QED) is 0.405. The molecule has 0 atom stereocenters. The summed E-state index contributed by atoms with van der Waals surface area (Å²) >= 11 is 6.62. The molecule has 0 spiro atoms. The van der Waals surface area contributed by atoms with E-state index in [1.165, 1.54) is 9.80 Å². The van der Waals surface area contributed by atoms with Crippen LogP contribution >= 0.6 is 24.0 Å². The van der Waals surface area contributed by atoms with E-state index in [1.807, 2.05) is 67.6 Å². The Kier molecular flexibility index (Phi) is 6.23. The third kappa shape index (κ3) is 4.50. The predicted octanol–water partition coefficient (Wildman–Crippen LogP) is 4.75. The van der Waals surface area contributed by atoms with Crippen LogP contribution in [0.4, 0.5) is 11.4 Å². The topological polar surface area (TPSA) is 69.7 Å². The van der Waals surface area contributed by atoms with Crippen LogP contribution in [0.2, 0.25) is 0 Å². The summed E-state index contributed by atoms with van der Waals surface area (Å²) < 4.78 is 0.405. The number of aryl methyl sites for hydroxylation is 1. The molecular weight excluding hydrogens is 478 g/mol. The molecular formula is C27H21N3O3S2. The molecule has 0 saturated carbocycles. The van der Waals surface area contributed by atoms with Gasteiger partial charge in [0.1, 0.15) is 10.9 Å². The van der Waals surface area contributed by atoms with Gasteiger partial charge in [-0.1, -0.05) is 90.2 Å². The largest absolute Gasteiger partial charge is 0.325 e. The van der Waals surface area contributed by atoms with Crippen LogP contribution in [-0.2, 0) is 20.9 Å². The van der Waals surface area contributed by atoms with E-state index >= 15 is 0 Å². The van der Waals surface area contributed by atoms with Crippen molar-refractivity contribution < 1.29 is 14.4 Å². The maximum Gasteiger partial charge on any atom is 0.267 e. The van der Waals surface area contributed by atoms with Gasteiger partial charge in [0.2, 0.25) is 5.91 Å². The van der Waals surface area contributed by atoms with Crippen LogP contribution in [0.25, 0.3) is 5.57 Å². The number of fused-ring (bicyclic) bond motifs is 1. The van der Waals surface area contributed by atoms with E-state index in [9.17, 15) is 14.4 Å². The number of anilines is 2. The van der Waals surface area contributed by atoms with Crippen molar-refractivity contribution in [3.8, 4) is 0 Å². The molecule has 6 nitrogen and oxygen atoms in total. The Morgan fingerprint density at radius 1 is 0.886 bits per heavy atom. The first-order chi connectivity index (χ1) is 16.9. The lowest BCUT2D eigenvalue weighted by molar-refractivity contribution is -0.122. The van der Waals surface area contributed by atoms with Gasteiger partial charge in [-0.25, -0.2) is 0 Å². The highest BCUT2D eigenvalue weighted by atomic mass is 32.2. The standard InChI is InChI=1S/C27H21N3O3S2/c1-17-11-13-19(14-12-17)28-22(31)16-29-21-10-6-5-9-20(21)23(25(29)32)24-26(33)30(27(34)35-24)15-18-7-3-2-4-8-18/h2-14H,15-16H2,1H3,(H,28,31)/b24-23-. The lowest BCUT2D eigenvalue weighted by Gasteiger charge is -2.17. The molecule has 2 aliphatic rings. The Morgan fingerprint density at radius 3 is 2.31 bits per heavy atom. The summed E-state index contributed by atoms with van der Waals surface area (Å²) in [7, 11) is 0. The van der Waals surface area contributed by atoms with Crippen molar-refractivity contribution in [2.45, 2.75) is 13.5 Å². The molecule has 3 aromatic carbocycles. The summed E-state index contributed by atoms with van der Waals surface area (Å²) in [6.07, 6.45) is 0. The molecule has 5 rings (SSSR count). The first kappa shape index (κ1) is 23.0. The minimum Gasteiger partial charge on any atom is -0.325 e. The summed E-state index contributed by atoms with van der Waals surface area (Å²) in [4.78, 5) is 42.9. The van der Waals surface area contributed by atoms with Gasteiger partial charge in [0, 0.05) is 11.3 Å². The van der Waals surface area contributed by atoms with Crippen molar-refractivity contribution in [3.63, 3.8) is 0 Å². The van der Waals surface area contributed by atoms with Crippen LogP contribution in [0.15, 0.2) is 83.8 Å². The van der Waals surface area contributed by atoms with E-state index in [4.69, 9.17) is 12.2 Å². The molecule has 8 heteroatoms. The van der Waals surface area contributed by atoms with Crippen LogP contribution in [-0.4, -0.2) is 33.5 Å². The van der Waals surface area contributed by atoms with Crippen LogP contribution in [0.5, 0.6) is 0 Å². The number of amides is 3. The Bertz CT molecular complexity index is 1380. The fourth-order valence-corrected chi connectivity index (χ4v) is 5.42. The van der Waals surface area contributed by atoms with Gasteiger partial charge < -0.3 is 5.32 Å². The number of thioether (sulfide) groups is 1. The SMILES string of the molecule is Cc1ccc(NC(=O)CN2C(=O)/C(=C3\SC(=S)N(Cc4ccccc4)C3=O)c3ccccc32)cc1. The highest BCUT2D eigenvalue weighted by molar-refractivity contribution is 8.26. The van der Waals surface area contributed by atoms with E-state index in [2.05, 4.69) is 5.32 Å². The van der Waals surface area contributed by atoms with E-state index in [0.717, 1.165) is 22.9 Å². The third-order valence-electron chi connectivity index (χ3n) is 5.82. The Labute approximate surface area is 212 Å². The monoisotopic (exact) mass is 499 g/mol. The molecule has 0 aromatic heterocycles. The molecule has 3 amide bonds. The molecule has 1 saturated heterocycles. The van der Waals surface area contributed by atoms with Crippen molar-refractivity contribution in [2.24, 2.45) is 0 Å². The van der Waals surface area contributed by atoms with E-state index in [1.54, 1.807) is 18.2 Å². The van der Waals surface area contributed by atoms with Crippen LogP contribution < -0.4 is 10.2 Å². The first-order valence-electron chi connectivity index (χ1n) is 11.0. The number of carbonyl (C=O) groups is 3. The molecule has 0 radical (unpaired) electrons. The van der Waals surface area contributed by atoms with Crippen molar-refractivity contribution in [1.29, 1.82) is 0 Å². The average Bonchev–Trinajstić information content (AvgIpc) is 3.28. The zero-order valence-electron chi connectivity index (χ0n) is 18.9. The lowest BCUT2D eigenvalue weighted by Crippen LogP contribution is -2.35. The van der Waals surface area contributed by atoms with Gasteiger partial charge in [0.05, 0.1) is 22.7 Å². The highest BCUT2D eigenvalue weighted by Gasteiger charge is 2.42. The minimum absolute atomic E-state index is 0.169. The predicted molar refractivity (Wildman–Crippen MR) is 143 cm³/mol. The number of rotatable bonds is 5. The first-order valence-corrected chi connectivity index (χ1v) is 12.2. The van der Waals surface area contributed by atoms with Crippen molar-refractivity contribution >= 4 is 63.0 Å². The summed E-state index contributed by atoms with van der Waals surface area (Å²) in [6, 6.07) is 24.2. The zero-order chi connectivity index (χ0) is 24.5. The van der Waals surface area contributed by atoms with E-state index in [0.29, 0.717) is 32.7 Å². The van der Waals surface area contributed by atoms with Gasteiger partial charge in [0.15, 0.2) is 0 Å². The molecule has 0 unspecified atom stereocenters. The minimum atomic E-state index is -0.384. The summed E-state index contributed by atoms with van der Waals surface area (Å²) in [6.45, 7) is 2.13. The number of carbonyl (C=O) groups excluding carboxylic acids is 3. The number of hydrogen-bond donors (Lipinski definition) is 1. The molecule has 2 aliphatic heterocycles. The molecule has 3 aromatic rings. The van der Waals surface area contributed by atoms with E-state index < -0.39 is 0 Å². The van der Waals surface area contributed by atoms with E-state index in [-0.39, 0.29) is 29.8 Å². The fraction of sp³-hybridized carbons (Fsp3) is 0.111. The maximum absolute atomic E-state index is 13.6. The summed E-state index contributed by atoms with van der Waals surface area (Å²) in [5, 5.41) is 2.83. The number of thiocarbonyl (C=S) groups is 1. The average molecular weight is 500 g/mol. The Balaban J connectivity index is 1.43. The molecule has 1 N–H and O–H groups in total. The molecule has 0 aliphatic carbocycles. The number of nitrogens with one attached hydrogen (secondary N) is 1.